The molecule has 0 spiro atoms. The minimum Gasteiger partial charge on any atom is -0.484 e. The van der Waals surface area contributed by atoms with E-state index in [1.807, 2.05) is 0 Å². The third-order valence-corrected chi connectivity index (χ3v) is 2.18. The van der Waals surface area contributed by atoms with Crippen LogP contribution in [0.25, 0.3) is 0 Å². The summed E-state index contributed by atoms with van der Waals surface area (Å²) in [5, 5.41) is 28.0. The molecular formula is C10H8F3NO6. The topological polar surface area (TPSA) is 110 Å². The molecule has 0 bridgehead atoms. The summed E-state index contributed by atoms with van der Waals surface area (Å²) < 4.78 is 40.6. The second-order valence-corrected chi connectivity index (χ2v) is 3.61. The summed E-state index contributed by atoms with van der Waals surface area (Å²) in [6, 6.07) is 2.44. The largest absolute Gasteiger partial charge is 0.484 e. The molecule has 10 heteroatoms. The van der Waals surface area contributed by atoms with Gasteiger partial charge >= 0.3 is 17.8 Å². The summed E-state index contributed by atoms with van der Waals surface area (Å²) in [7, 11) is 0. The number of rotatable bonds is 5. The predicted octanol–water partition coefficient (Wildman–Crippen LogP) is 1.59. The average molecular weight is 295 g/mol. The predicted molar refractivity (Wildman–Crippen MR) is 57.6 cm³/mol. The second-order valence-electron chi connectivity index (χ2n) is 3.61. The lowest BCUT2D eigenvalue weighted by molar-refractivity contribution is -0.386. The lowest BCUT2D eigenvalue weighted by Crippen LogP contribution is -2.34. The maximum absolute atomic E-state index is 12.0. The number of benzene rings is 1. The van der Waals surface area contributed by atoms with E-state index in [1.54, 1.807) is 0 Å². The molecule has 0 aliphatic rings. The molecule has 1 rings (SSSR count). The molecule has 0 aliphatic heterocycles. The van der Waals surface area contributed by atoms with Gasteiger partial charge in [0.15, 0.2) is 11.9 Å². The van der Waals surface area contributed by atoms with Gasteiger partial charge < -0.3 is 14.9 Å². The summed E-state index contributed by atoms with van der Waals surface area (Å²) >= 11 is 0. The number of hydrogen-bond donors (Lipinski definition) is 2. The van der Waals surface area contributed by atoms with Crippen molar-refractivity contribution < 1.29 is 37.8 Å². The van der Waals surface area contributed by atoms with Crippen molar-refractivity contribution in [1.82, 2.24) is 0 Å². The highest BCUT2D eigenvalue weighted by atomic mass is 19.4. The fourth-order valence-corrected chi connectivity index (χ4v) is 1.18. The summed E-state index contributed by atoms with van der Waals surface area (Å²) in [6.07, 6.45) is -7.73. The lowest BCUT2D eigenvalue weighted by Gasteiger charge is -2.15. The van der Waals surface area contributed by atoms with Crippen molar-refractivity contribution in [3.63, 3.8) is 0 Å². The van der Waals surface area contributed by atoms with Gasteiger partial charge in [-0.2, -0.15) is 13.2 Å². The van der Waals surface area contributed by atoms with Crippen LogP contribution in [0.15, 0.2) is 18.2 Å². The maximum Gasteiger partial charge on any atom is 0.417 e. The molecule has 0 aromatic heterocycles. The SMILES string of the molecule is O=C(O)c1ccc(OCC(O)C(F)(F)F)c([N+](=O)[O-])c1. The van der Waals surface area contributed by atoms with Crippen LogP contribution in [0.2, 0.25) is 0 Å². The minimum absolute atomic E-state index is 0.416. The number of alkyl halides is 3. The Bertz CT molecular complexity index is 530. The van der Waals surface area contributed by atoms with Gasteiger partial charge in [-0.1, -0.05) is 0 Å². The number of ether oxygens (including phenoxy) is 1. The number of nitro groups is 1. The van der Waals surface area contributed by atoms with Crippen molar-refractivity contribution in [3.8, 4) is 5.75 Å². The van der Waals surface area contributed by atoms with E-state index in [-0.39, 0.29) is 0 Å². The molecule has 2 N–H and O–H groups in total. The fraction of sp³-hybridized carbons (Fsp3) is 0.300. The van der Waals surface area contributed by atoms with E-state index in [1.165, 1.54) is 0 Å². The highest BCUT2D eigenvalue weighted by Crippen LogP contribution is 2.29. The van der Waals surface area contributed by atoms with Crippen LogP contribution in [0.5, 0.6) is 5.75 Å². The quantitative estimate of drug-likeness (QED) is 0.630. The van der Waals surface area contributed by atoms with Crippen LogP contribution in [0.3, 0.4) is 0 Å². The standard InChI is InChI=1S/C10H8F3NO6/c11-10(12,13)8(15)4-20-7-2-1-5(9(16)17)3-6(7)14(18)19/h1-3,8,15H,4H2,(H,16,17). The van der Waals surface area contributed by atoms with Gasteiger partial charge in [0.25, 0.3) is 0 Å². The number of carboxylic acids is 1. The lowest BCUT2D eigenvalue weighted by atomic mass is 10.2. The molecule has 1 aromatic carbocycles. The molecule has 0 heterocycles. The normalized spacial score (nSPS) is 12.8. The maximum atomic E-state index is 12.0. The first kappa shape index (κ1) is 15.7. The number of carbonyl (C=O) groups is 1. The Morgan fingerprint density at radius 1 is 1.45 bits per heavy atom. The van der Waals surface area contributed by atoms with Gasteiger partial charge in [-0.25, -0.2) is 4.79 Å². The molecule has 0 radical (unpaired) electrons. The van der Waals surface area contributed by atoms with Gasteiger partial charge in [-0.3, -0.25) is 10.1 Å². The van der Waals surface area contributed by atoms with E-state index in [0.29, 0.717) is 6.07 Å². The van der Waals surface area contributed by atoms with Gasteiger partial charge in [0.2, 0.25) is 0 Å². The molecular weight excluding hydrogens is 287 g/mol. The smallest absolute Gasteiger partial charge is 0.417 e. The van der Waals surface area contributed by atoms with Crippen molar-refractivity contribution >= 4 is 11.7 Å². The van der Waals surface area contributed by atoms with Gasteiger partial charge in [0.1, 0.15) is 6.61 Å². The van der Waals surface area contributed by atoms with Crippen LogP contribution >= 0.6 is 0 Å². The Kier molecular flexibility index (Phi) is 4.50. The first-order valence-electron chi connectivity index (χ1n) is 5.02. The average Bonchev–Trinajstić information content (AvgIpc) is 2.34. The molecule has 1 aromatic rings. The molecule has 110 valence electrons. The summed E-state index contributed by atoms with van der Waals surface area (Å²) in [6.45, 7) is -1.24. The molecule has 0 saturated carbocycles. The van der Waals surface area contributed by atoms with Crippen molar-refractivity contribution in [1.29, 1.82) is 0 Å². The Morgan fingerprint density at radius 2 is 2.05 bits per heavy atom. The first-order valence-corrected chi connectivity index (χ1v) is 5.02. The van der Waals surface area contributed by atoms with Gasteiger partial charge in [0, 0.05) is 6.07 Å². The van der Waals surface area contributed by atoms with Crippen molar-refractivity contribution in [3.05, 3.63) is 33.9 Å². The number of carboxylic acid groups (broad SMARTS) is 1. The van der Waals surface area contributed by atoms with E-state index in [2.05, 4.69) is 4.74 Å². The fourth-order valence-electron chi connectivity index (χ4n) is 1.18. The Balaban J connectivity index is 2.95. The second kappa shape index (κ2) is 5.74. The zero-order valence-corrected chi connectivity index (χ0v) is 9.63. The third kappa shape index (κ3) is 3.82. The Hall–Kier alpha value is -2.36. The summed E-state index contributed by atoms with van der Waals surface area (Å²) in [5.41, 5.74) is -1.22. The first-order chi connectivity index (χ1) is 9.12. The number of hydrogen-bond acceptors (Lipinski definition) is 5. The molecule has 1 unspecified atom stereocenters. The molecule has 20 heavy (non-hydrogen) atoms. The molecule has 0 saturated heterocycles. The van der Waals surface area contributed by atoms with Crippen molar-refractivity contribution in [2.24, 2.45) is 0 Å². The number of nitro benzene ring substituents is 1. The molecule has 0 fully saturated rings. The van der Waals surface area contributed by atoms with Crippen LogP contribution in [0.4, 0.5) is 18.9 Å². The van der Waals surface area contributed by atoms with Crippen LogP contribution in [-0.2, 0) is 0 Å². The van der Waals surface area contributed by atoms with Crippen LogP contribution in [-0.4, -0.2) is 40.0 Å². The molecule has 0 aliphatic carbocycles. The number of aromatic carboxylic acids is 1. The zero-order valence-electron chi connectivity index (χ0n) is 9.63. The van der Waals surface area contributed by atoms with E-state index in [9.17, 15) is 28.1 Å². The number of aliphatic hydroxyl groups is 1. The zero-order chi connectivity index (χ0) is 15.5. The van der Waals surface area contributed by atoms with Crippen LogP contribution in [0, 0.1) is 10.1 Å². The summed E-state index contributed by atoms with van der Waals surface area (Å²) in [4.78, 5) is 20.3. The van der Waals surface area contributed by atoms with E-state index < -0.39 is 46.8 Å². The van der Waals surface area contributed by atoms with E-state index in [4.69, 9.17) is 10.2 Å². The van der Waals surface area contributed by atoms with Crippen molar-refractivity contribution in [2.45, 2.75) is 12.3 Å². The van der Waals surface area contributed by atoms with Crippen LogP contribution in [0.1, 0.15) is 10.4 Å². The Morgan fingerprint density at radius 3 is 2.50 bits per heavy atom. The van der Waals surface area contributed by atoms with Gasteiger partial charge in [-0.05, 0) is 12.1 Å². The van der Waals surface area contributed by atoms with Crippen molar-refractivity contribution in [2.75, 3.05) is 6.61 Å². The number of aliphatic hydroxyl groups excluding tert-OH is 1. The third-order valence-electron chi connectivity index (χ3n) is 2.18. The van der Waals surface area contributed by atoms with E-state index >= 15 is 0 Å². The molecule has 7 nitrogen and oxygen atoms in total. The van der Waals surface area contributed by atoms with Crippen LogP contribution < -0.4 is 4.74 Å². The number of halogens is 3. The van der Waals surface area contributed by atoms with Gasteiger partial charge in [-0.15, -0.1) is 0 Å². The highest BCUT2D eigenvalue weighted by Gasteiger charge is 2.39. The van der Waals surface area contributed by atoms with Gasteiger partial charge in [0.05, 0.1) is 10.5 Å². The molecule has 1 atom stereocenters. The highest BCUT2D eigenvalue weighted by molar-refractivity contribution is 5.88. The minimum atomic E-state index is -4.92. The summed E-state index contributed by atoms with van der Waals surface area (Å²) in [5.74, 6) is -2.00. The Labute approximate surface area is 109 Å². The monoisotopic (exact) mass is 295 g/mol. The molecule has 0 amide bonds. The number of nitrogens with zero attached hydrogens (tertiary/aromatic N) is 1. The van der Waals surface area contributed by atoms with E-state index in [0.717, 1.165) is 12.1 Å².